The smallest absolute Gasteiger partial charge is 0.239 e. The Labute approximate surface area is 121 Å². The van der Waals surface area contributed by atoms with E-state index in [2.05, 4.69) is 26.0 Å². The van der Waals surface area contributed by atoms with Crippen LogP contribution in [-0.2, 0) is 0 Å². The van der Waals surface area contributed by atoms with Crippen LogP contribution in [0.3, 0.4) is 0 Å². The molecule has 0 N–H and O–H groups in total. The maximum absolute atomic E-state index is 6.01. The van der Waals surface area contributed by atoms with Crippen LogP contribution in [0.4, 0.5) is 0 Å². The van der Waals surface area contributed by atoms with Crippen LogP contribution in [0, 0.1) is 13.8 Å². The SMILES string of the molecule is Cc1ccc(C)c(-c2nc(Cl)nc(-n3ccnc3)n2)c1. The Morgan fingerprint density at radius 2 is 1.95 bits per heavy atom. The molecule has 0 aliphatic carbocycles. The van der Waals surface area contributed by atoms with Crippen molar-refractivity contribution in [2.75, 3.05) is 0 Å². The number of imidazole rings is 1. The first-order valence-electron chi connectivity index (χ1n) is 6.11. The van der Waals surface area contributed by atoms with E-state index < -0.39 is 0 Å². The van der Waals surface area contributed by atoms with Gasteiger partial charge < -0.3 is 0 Å². The van der Waals surface area contributed by atoms with Crippen molar-refractivity contribution in [2.24, 2.45) is 0 Å². The number of hydrogen-bond donors (Lipinski definition) is 0. The Bertz CT molecular complexity index is 752. The highest BCUT2D eigenvalue weighted by Crippen LogP contribution is 2.22. The summed E-state index contributed by atoms with van der Waals surface area (Å²) in [6, 6.07) is 6.14. The first-order chi connectivity index (χ1) is 9.63. The van der Waals surface area contributed by atoms with Crippen LogP contribution in [0.1, 0.15) is 11.1 Å². The predicted molar refractivity (Wildman–Crippen MR) is 76.9 cm³/mol. The average Bonchev–Trinajstić information content (AvgIpc) is 2.95. The molecule has 0 unspecified atom stereocenters. The van der Waals surface area contributed by atoms with Gasteiger partial charge in [-0.25, -0.2) is 4.98 Å². The predicted octanol–water partition coefficient (Wildman–Crippen LogP) is 2.99. The minimum absolute atomic E-state index is 0.166. The molecule has 0 radical (unpaired) electrons. The molecular weight excluding hydrogens is 274 g/mol. The molecule has 100 valence electrons. The zero-order valence-corrected chi connectivity index (χ0v) is 11.8. The van der Waals surface area contributed by atoms with E-state index in [9.17, 15) is 0 Å². The van der Waals surface area contributed by atoms with Gasteiger partial charge in [0.1, 0.15) is 6.33 Å². The molecule has 0 fully saturated rings. The van der Waals surface area contributed by atoms with E-state index >= 15 is 0 Å². The summed E-state index contributed by atoms with van der Waals surface area (Å²) in [6.07, 6.45) is 5.05. The van der Waals surface area contributed by atoms with E-state index in [1.807, 2.05) is 26.0 Å². The largest absolute Gasteiger partial charge is 0.274 e. The lowest BCUT2D eigenvalue weighted by molar-refractivity contribution is 0.898. The first kappa shape index (κ1) is 12.7. The fourth-order valence-corrected chi connectivity index (χ4v) is 2.09. The number of aryl methyl sites for hydroxylation is 2. The van der Waals surface area contributed by atoms with E-state index in [1.54, 1.807) is 23.3 Å². The zero-order valence-electron chi connectivity index (χ0n) is 11.1. The third-order valence-corrected chi connectivity index (χ3v) is 3.13. The molecule has 0 atom stereocenters. The van der Waals surface area contributed by atoms with Gasteiger partial charge in [0.2, 0.25) is 11.2 Å². The van der Waals surface area contributed by atoms with Gasteiger partial charge >= 0.3 is 0 Å². The summed E-state index contributed by atoms with van der Waals surface area (Å²) < 4.78 is 1.70. The fraction of sp³-hybridized carbons (Fsp3) is 0.143. The minimum atomic E-state index is 0.166. The minimum Gasteiger partial charge on any atom is -0.274 e. The quantitative estimate of drug-likeness (QED) is 0.726. The van der Waals surface area contributed by atoms with Crippen molar-refractivity contribution in [3.05, 3.63) is 53.3 Å². The molecule has 6 heteroatoms. The van der Waals surface area contributed by atoms with Crippen molar-refractivity contribution in [1.82, 2.24) is 24.5 Å². The van der Waals surface area contributed by atoms with Crippen LogP contribution in [-0.4, -0.2) is 24.5 Å². The Kier molecular flexibility index (Phi) is 3.20. The normalized spacial score (nSPS) is 10.8. The third kappa shape index (κ3) is 2.40. The highest BCUT2D eigenvalue weighted by Gasteiger charge is 2.11. The van der Waals surface area contributed by atoms with Gasteiger partial charge in [-0.2, -0.15) is 15.0 Å². The highest BCUT2D eigenvalue weighted by atomic mass is 35.5. The summed E-state index contributed by atoms with van der Waals surface area (Å²) in [5.74, 6) is 1.02. The maximum atomic E-state index is 6.01. The van der Waals surface area contributed by atoms with Gasteiger partial charge in [-0.1, -0.05) is 17.7 Å². The molecule has 0 aliphatic heterocycles. The number of aromatic nitrogens is 5. The van der Waals surface area contributed by atoms with Crippen LogP contribution in [0.2, 0.25) is 5.28 Å². The molecule has 3 rings (SSSR count). The molecule has 0 aliphatic rings. The Hall–Kier alpha value is -2.27. The van der Waals surface area contributed by atoms with Crippen molar-refractivity contribution >= 4 is 11.6 Å². The number of benzene rings is 1. The van der Waals surface area contributed by atoms with E-state index in [1.165, 1.54) is 0 Å². The number of halogens is 1. The average molecular weight is 286 g/mol. The summed E-state index contributed by atoms with van der Waals surface area (Å²) in [7, 11) is 0. The second-order valence-electron chi connectivity index (χ2n) is 4.52. The van der Waals surface area contributed by atoms with E-state index in [-0.39, 0.29) is 5.28 Å². The molecule has 3 aromatic rings. The summed E-state index contributed by atoms with van der Waals surface area (Å²) in [6.45, 7) is 4.05. The second-order valence-corrected chi connectivity index (χ2v) is 4.85. The van der Waals surface area contributed by atoms with E-state index in [0.717, 1.165) is 16.7 Å². The summed E-state index contributed by atoms with van der Waals surface area (Å²) in [5.41, 5.74) is 3.19. The summed E-state index contributed by atoms with van der Waals surface area (Å²) >= 11 is 6.01. The van der Waals surface area contributed by atoms with Gasteiger partial charge in [0, 0.05) is 18.0 Å². The molecule has 0 saturated carbocycles. The number of nitrogens with zero attached hydrogens (tertiary/aromatic N) is 5. The van der Waals surface area contributed by atoms with Crippen molar-refractivity contribution in [3.8, 4) is 17.3 Å². The maximum Gasteiger partial charge on any atom is 0.239 e. The lowest BCUT2D eigenvalue weighted by Crippen LogP contribution is -2.03. The monoisotopic (exact) mass is 285 g/mol. The molecule has 0 amide bonds. The molecule has 5 nitrogen and oxygen atoms in total. The summed E-state index contributed by atoms with van der Waals surface area (Å²) in [5, 5.41) is 0.166. The number of hydrogen-bond acceptors (Lipinski definition) is 4. The zero-order chi connectivity index (χ0) is 14.1. The Balaban J connectivity index is 2.17. The molecule has 0 saturated heterocycles. The van der Waals surface area contributed by atoms with Crippen molar-refractivity contribution < 1.29 is 0 Å². The third-order valence-electron chi connectivity index (χ3n) is 2.97. The number of rotatable bonds is 2. The molecule has 2 aromatic heterocycles. The van der Waals surface area contributed by atoms with Gasteiger partial charge in [-0.3, -0.25) is 4.57 Å². The van der Waals surface area contributed by atoms with E-state index in [4.69, 9.17) is 11.6 Å². The molecule has 2 heterocycles. The van der Waals surface area contributed by atoms with Crippen LogP contribution in [0.25, 0.3) is 17.3 Å². The molecule has 1 aromatic carbocycles. The van der Waals surface area contributed by atoms with Crippen LogP contribution in [0.5, 0.6) is 0 Å². The molecule has 20 heavy (non-hydrogen) atoms. The Morgan fingerprint density at radius 1 is 1.10 bits per heavy atom. The van der Waals surface area contributed by atoms with Gasteiger partial charge in [0.15, 0.2) is 5.82 Å². The summed E-state index contributed by atoms with van der Waals surface area (Å²) in [4.78, 5) is 16.8. The fourth-order valence-electron chi connectivity index (χ4n) is 1.93. The van der Waals surface area contributed by atoms with Crippen LogP contribution in [0.15, 0.2) is 36.9 Å². The van der Waals surface area contributed by atoms with Crippen molar-refractivity contribution in [3.63, 3.8) is 0 Å². The van der Waals surface area contributed by atoms with Gasteiger partial charge in [0.25, 0.3) is 0 Å². The topological polar surface area (TPSA) is 56.5 Å². The van der Waals surface area contributed by atoms with Gasteiger partial charge in [0.05, 0.1) is 0 Å². The first-order valence-corrected chi connectivity index (χ1v) is 6.49. The molecule has 0 spiro atoms. The lowest BCUT2D eigenvalue weighted by atomic mass is 10.1. The Morgan fingerprint density at radius 3 is 2.70 bits per heavy atom. The van der Waals surface area contributed by atoms with Gasteiger partial charge in [-0.05, 0) is 37.1 Å². The van der Waals surface area contributed by atoms with Crippen molar-refractivity contribution in [1.29, 1.82) is 0 Å². The highest BCUT2D eigenvalue weighted by molar-refractivity contribution is 6.28. The van der Waals surface area contributed by atoms with E-state index in [0.29, 0.717) is 11.8 Å². The lowest BCUT2D eigenvalue weighted by Gasteiger charge is -2.08. The second kappa shape index (κ2) is 5.02. The molecule has 0 bridgehead atoms. The molecular formula is C14H12ClN5. The standard InChI is InChI=1S/C14H12ClN5/c1-9-3-4-10(2)11(7-9)12-17-13(15)19-14(18-12)20-6-5-16-8-20/h3-8H,1-2H3. The van der Waals surface area contributed by atoms with Crippen LogP contribution >= 0.6 is 11.6 Å². The van der Waals surface area contributed by atoms with Crippen LogP contribution < -0.4 is 0 Å². The van der Waals surface area contributed by atoms with Crippen molar-refractivity contribution in [2.45, 2.75) is 13.8 Å². The van der Waals surface area contributed by atoms with Gasteiger partial charge in [-0.15, -0.1) is 0 Å².